The van der Waals surface area contributed by atoms with Gasteiger partial charge in [-0.3, -0.25) is 19.4 Å². The summed E-state index contributed by atoms with van der Waals surface area (Å²) in [6.07, 6.45) is 5.65. The zero-order valence-corrected chi connectivity index (χ0v) is 33.7. The monoisotopic (exact) mass is 780 g/mol. The van der Waals surface area contributed by atoms with E-state index in [0.29, 0.717) is 47.2 Å². The van der Waals surface area contributed by atoms with Crippen LogP contribution in [-0.2, 0) is 14.9 Å². The number of anilines is 3. The van der Waals surface area contributed by atoms with E-state index in [9.17, 15) is 14.0 Å². The Kier molecular flexibility index (Phi) is 9.84. The Bertz CT molecular complexity index is 2200. The molecule has 4 aromatic rings. The smallest absolute Gasteiger partial charge is 0.251 e. The quantitative estimate of drug-likeness (QED) is 0.186. The molecule has 3 saturated heterocycles. The Hall–Kier alpha value is -4.46. The number of pyridine rings is 1. The van der Waals surface area contributed by atoms with Crippen molar-refractivity contribution in [3.05, 3.63) is 65.2 Å². The fraction of sp³-hybridized carbons (Fsp3) is 0.545. The van der Waals surface area contributed by atoms with E-state index >= 15 is 4.39 Å². The van der Waals surface area contributed by atoms with Crippen LogP contribution in [0.4, 0.5) is 26.0 Å². The van der Waals surface area contributed by atoms with Crippen LogP contribution in [0.1, 0.15) is 93.7 Å². The summed E-state index contributed by atoms with van der Waals surface area (Å²) in [6, 6.07) is 11.9. The number of hydrogen-bond donors (Lipinski definition) is 2. The predicted molar refractivity (Wildman–Crippen MR) is 217 cm³/mol. The molecule has 0 radical (unpaired) electrons. The summed E-state index contributed by atoms with van der Waals surface area (Å²) in [5, 5.41) is 6.18. The largest absolute Gasteiger partial charge is 0.378 e. The first kappa shape index (κ1) is 38.1. The number of alkyl halides is 1. The van der Waals surface area contributed by atoms with Crippen LogP contribution in [0, 0.1) is 12.7 Å². The summed E-state index contributed by atoms with van der Waals surface area (Å²) >= 11 is 0. The minimum atomic E-state index is -0.783. The van der Waals surface area contributed by atoms with Crippen molar-refractivity contribution in [2.45, 2.75) is 115 Å². The second kappa shape index (κ2) is 14.7. The van der Waals surface area contributed by atoms with Gasteiger partial charge in [-0.25, -0.2) is 18.7 Å². The van der Waals surface area contributed by atoms with E-state index in [0.717, 1.165) is 87.3 Å². The van der Waals surface area contributed by atoms with Gasteiger partial charge in [-0.05, 0) is 128 Å². The third-order valence-electron chi connectivity index (χ3n) is 13.2. The summed E-state index contributed by atoms with van der Waals surface area (Å²) in [4.78, 5) is 44.8. The van der Waals surface area contributed by atoms with Crippen molar-refractivity contribution in [3.63, 3.8) is 0 Å². The second-order valence-electron chi connectivity index (χ2n) is 17.6. The Balaban J connectivity index is 1.09. The van der Waals surface area contributed by atoms with E-state index in [2.05, 4.69) is 57.4 Å². The molecule has 1 atom stereocenters. The number of likely N-dealkylation sites (tertiary alicyclic amines) is 2. The standard InChI is InChI=1S/C44H54F2N8O3/c1-25(2)48-42(55)33-19-37(35(46)15-27(33)5)50-41-40-38(47-24-53(40)26(3)4)20-36(49-41)28-8-9-34-39(16-28)54(31-17-30(18-31)52-12-6-7-29(45)21-52)43(56)44(34)10-13-51(14-11-44)32-22-57-23-32/h8-9,15-16,19-20,24-26,29-32H,6-7,10-14,17-18,21-23H2,1-5H3,(H,48,55)(H,49,50)/t29-,30?,31?/m1/s1. The predicted octanol–water partition coefficient (Wildman–Crippen LogP) is 7.05. The van der Waals surface area contributed by atoms with E-state index in [1.807, 2.05) is 24.5 Å². The molecule has 2 amide bonds. The molecule has 302 valence electrons. The highest BCUT2D eigenvalue weighted by Gasteiger charge is 2.56. The third-order valence-corrected chi connectivity index (χ3v) is 13.2. The average Bonchev–Trinajstić information content (AvgIpc) is 3.66. The molecule has 2 aromatic carbocycles. The zero-order valence-electron chi connectivity index (χ0n) is 33.7. The maximum atomic E-state index is 15.7. The Morgan fingerprint density at radius 3 is 2.44 bits per heavy atom. The van der Waals surface area contributed by atoms with Gasteiger partial charge in [0.05, 0.1) is 47.9 Å². The summed E-state index contributed by atoms with van der Waals surface area (Å²) in [5.74, 6) is -0.179. The minimum Gasteiger partial charge on any atom is -0.378 e. The third kappa shape index (κ3) is 6.69. The number of piperidine rings is 2. The number of halogens is 2. The van der Waals surface area contributed by atoms with Crippen LogP contribution in [0.25, 0.3) is 22.3 Å². The highest BCUT2D eigenvalue weighted by molar-refractivity contribution is 6.09. The van der Waals surface area contributed by atoms with Crippen LogP contribution in [0.2, 0.25) is 0 Å². The number of ether oxygens (including phenoxy) is 1. The number of fused-ring (bicyclic) bond motifs is 3. The normalized spacial score (nSPS) is 24.0. The molecule has 2 aromatic heterocycles. The lowest BCUT2D eigenvalue weighted by Crippen LogP contribution is -2.60. The first-order chi connectivity index (χ1) is 27.4. The topological polar surface area (TPSA) is 108 Å². The van der Waals surface area contributed by atoms with Crippen molar-refractivity contribution in [2.24, 2.45) is 0 Å². The van der Waals surface area contributed by atoms with Gasteiger partial charge in [0.1, 0.15) is 17.5 Å². The molecule has 5 aliphatic rings. The number of rotatable bonds is 9. The number of amides is 2. The minimum absolute atomic E-state index is 0.0370. The Labute approximate surface area is 333 Å². The van der Waals surface area contributed by atoms with Crippen molar-refractivity contribution in [1.82, 2.24) is 29.7 Å². The van der Waals surface area contributed by atoms with Crippen molar-refractivity contribution in [1.29, 1.82) is 0 Å². The van der Waals surface area contributed by atoms with Gasteiger partial charge in [-0.15, -0.1) is 0 Å². The molecule has 4 fully saturated rings. The number of imidazole rings is 1. The van der Waals surface area contributed by atoms with E-state index in [4.69, 9.17) is 14.7 Å². The van der Waals surface area contributed by atoms with Gasteiger partial charge < -0.3 is 24.8 Å². The maximum Gasteiger partial charge on any atom is 0.251 e. The fourth-order valence-electron chi connectivity index (χ4n) is 9.82. The summed E-state index contributed by atoms with van der Waals surface area (Å²) < 4.78 is 37.6. The molecule has 1 saturated carbocycles. The van der Waals surface area contributed by atoms with Gasteiger partial charge >= 0.3 is 0 Å². The van der Waals surface area contributed by atoms with Gasteiger partial charge in [-0.2, -0.15) is 0 Å². The Morgan fingerprint density at radius 1 is 0.982 bits per heavy atom. The lowest BCUT2D eigenvalue weighted by Gasteiger charge is -2.49. The number of carbonyl (C=O) groups excluding carboxylic acids is 2. The van der Waals surface area contributed by atoms with Gasteiger partial charge in [0, 0.05) is 47.5 Å². The fourth-order valence-corrected chi connectivity index (χ4v) is 9.82. The van der Waals surface area contributed by atoms with Gasteiger partial charge in [0.2, 0.25) is 5.91 Å². The second-order valence-corrected chi connectivity index (χ2v) is 17.6. The molecule has 1 aliphatic carbocycles. The summed E-state index contributed by atoms with van der Waals surface area (Å²) in [6.45, 7) is 14.2. The summed E-state index contributed by atoms with van der Waals surface area (Å²) in [7, 11) is 0. The van der Waals surface area contributed by atoms with Gasteiger partial charge in [0.15, 0.2) is 5.82 Å². The molecule has 0 unspecified atom stereocenters. The first-order valence-corrected chi connectivity index (χ1v) is 20.8. The SMILES string of the molecule is Cc1cc(F)c(Nc2nc(-c3ccc4c(c3)N(C3CC(N5CCC[C@@H](F)C5)C3)C(=O)C43CCN(C4COC4)CC3)cc3ncn(C(C)C)c23)cc1C(=O)NC(C)C. The van der Waals surface area contributed by atoms with Crippen LogP contribution < -0.4 is 15.5 Å². The molecule has 9 rings (SSSR count). The number of aryl methyl sites for hydroxylation is 1. The molecule has 0 bridgehead atoms. The van der Waals surface area contributed by atoms with Crippen LogP contribution >= 0.6 is 0 Å². The van der Waals surface area contributed by atoms with Crippen LogP contribution in [0.5, 0.6) is 0 Å². The molecule has 4 aliphatic heterocycles. The van der Waals surface area contributed by atoms with Gasteiger partial charge in [-0.1, -0.05) is 12.1 Å². The van der Waals surface area contributed by atoms with Crippen molar-refractivity contribution in [3.8, 4) is 11.3 Å². The number of hydrogen-bond acceptors (Lipinski definition) is 8. The molecule has 13 heteroatoms. The van der Waals surface area contributed by atoms with Gasteiger partial charge in [0.25, 0.3) is 5.91 Å². The van der Waals surface area contributed by atoms with E-state index in [1.165, 1.54) is 6.07 Å². The number of nitrogens with zero attached hydrogens (tertiary/aromatic N) is 6. The van der Waals surface area contributed by atoms with Crippen LogP contribution in [0.15, 0.2) is 42.7 Å². The number of aromatic nitrogens is 3. The van der Waals surface area contributed by atoms with E-state index in [1.54, 1.807) is 19.3 Å². The number of nitrogens with one attached hydrogen (secondary N) is 2. The lowest BCUT2D eigenvalue weighted by atomic mass is 9.73. The maximum absolute atomic E-state index is 15.7. The first-order valence-electron chi connectivity index (χ1n) is 20.8. The molecule has 57 heavy (non-hydrogen) atoms. The van der Waals surface area contributed by atoms with Crippen LogP contribution in [-0.4, -0.2) is 106 Å². The summed E-state index contributed by atoms with van der Waals surface area (Å²) in [5.41, 5.74) is 5.32. The highest BCUT2D eigenvalue weighted by atomic mass is 19.1. The highest BCUT2D eigenvalue weighted by Crippen LogP contribution is 2.52. The van der Waals surface area contributed by atoms with Crippen molar-refractivity contribution >= 4 is 40.0 Å². The molecular formula is C44H54F2N8O3. The van der Waals surface area contributed by atoms with Crippen molar-refractivity contribution in [2.75, 3.05) is 49.6 Å². The van der Waals surface area contributed by atoms with E-state index in [-0.39, 0.29) is 41.7 Å². The molecule has 2 N–H and O–H groups in total. The zero-order chi connectivity index (χ0) is 39.7. The van der Waals surface area contributed by atoms with Crippen molar-refractivity contribution < 1.29 is 23.1 Å². The molecule has 1 spiro atoms. The molecule has 6 heterocycles. The van der Waals surface area contributed by atoms with E-state index < -0.39 is 17.4 Å². The lowest BCUT2D eigenvalue weighted by molar-refractivity contribution is -0.128. The number of carbonyl (C=O) groups is 2. The average molecular weight is 781 g/mol. The number of benzene rings is 2. The molecular weight excluding hydrogens is 727 g/mol. The van der Waals surface area contributed by atoms with Crippen LogP contribution in [0.3, 0.4) is 0 Å². The Morgan fingerprint density at radius 2 is 1.75 bits per heavy atom. The molecule has 11 nitrogen and oxygen atoms in total.